The molecule has 0 aromatic carbocycles. The third kappa shape index (κ3) is 2.70. The first-order valence-electron chi connectivity index (χ1n) is 4.13. The van der Waals surface area contributed by atoms with Crippen molar-refractivity contribution in [3.63, 3.8) is 0 Å². The van der Waals surface area contributed by atoms with E-state index in [0.717, 1.165) is 10.2 Å². The van der Waals surface area contributed by atoms with Gasteiger partial charge in [0, 0.05) is 4.47 Å². The molecule has 0 bridgehead atoms. The summed E-state index contributed by atoms with van der Waals surface area (Å²) in [5.74, 6) is -0.326. The molecule has 76 valence electrons. The van der Waals surface area contributed by atoms with E-state index in [1.54, 1.807) is 13.0 Å². The summed E-state index contributed by atoms with van der Waals surface area (Å²) in [6, 6.07) is 2.93. The molecule has 0 amide bonds. The van der Waals surface area contributed by atoms with Crippen LogP contribution in [0.1, 0.15) is 12.6 Å². The minimum Gasteiger partial charge on any atom is -0.480 e. The first-order chi connectivity index (χ1) is 6.50. The summed E-state index contributed by atoms with van der Waals surface area (Å²) in [7, 11) is 0. The molecule has 1 aromatic rings. The van der Waals surface area contributed by atoms with Gasteiger partial charge in [0.25, 0.3) is 0 Å². The molecule has 1 aromatic heterocycles. The molecule has 1 unspecified atom stereocenters. The quantitative estimate of drug-likeness (QED) is 0.871. The van der Waals surface area contributed by atoms with E-state index < -0.39 is 12.0 Å². The summed E-state index contributed by atoms with van der Waals surface area (Å²) in [6.07, 6.45) is 0. The molecule has 1 atom stereocenters. The lowest BCUT2D eigenvalue weighted by Crippen LogP contribution is -2.25. The van der Waals surface area contributed by atoms with Gasteiger partial charge in [-0.3, -0.25) is 4.79 Å². The van der Waals surface area contributed by atoms with Crippen LogP contribution in [0.4, 0.5) is 5.82 Å². The molecular formula is C9H11BrN2O2. The highest BCUT2D eigenvalue weighted by Gasteiger charge is 2.10. The van der Waals surface area contributed by atoms with Crippen LogP contribution in [0, 0.1) is 6.92 Å². The Kier molecular flexibility index (Phi) is 3.46. The third-order valence-electron chi connectivity index (χ3n) is 1.76. The molecule has 0 saturated carbocycles. The molecule has 0 fully saturated rings. The number of carbonyl (C=O) groups is 1. The molecule has 0 aliphatic heterocycles. The van der Waals surface area contributed by atoms with Gasteiger partial charge >= 0.3 is 5.97 Å². The molecule has 0 aliphatic rings. The topological polar surface area (TPSA) is 62.2 Å². The Hall–Kier alpha value is -1.10. The Morgan fingerprint density at radius 2 is 2.29 bits per heavy atom. The maximum Gasteiger partial charge on any atom is 0.325 e. The Labute approximate surface area is 90.5 Å². The van der Waals surface area contributed by atoms with Gasteiger partial charge in [-0.05, 0) is 41.9 Å². The number of carboxylic acids is 1. The lowest BCUT2D eigenvalue weighted by Gasteiger charge is -2.10. The van der Waals surface area contributed by atoms with Crippen LogP contribution in [0.2, 0.25) is 0 Å². The van der Waals surface area contributed by atoms with Gasteiger partial charge in [0.05, 0.1) is 5.69 Å². The van der Waals surface area contributed by atoms with Gasteiger partial charge in [-0.2, -0.15) is 0 Å². The highest BCUT2D eigenvalue weighted by molar-refractivity contribution is 9.10. The number of carboxylic acid groups (broad SMARTS) is 1. The van der Waals surface area contributed by atoms with Crippen molar-refractivity contribution in [2.24, 2.45) is 0 Å². The molecule has 0 saturated heterocycles. The number of anilines is 1. The predicted octanol–water partition coefficient (Wildman–Crippen LogP) is 2.04. The van der Waals surface area contributed by atoms with E-state index in [9.17, 15) is 4.79 Å². The van der Waals surface area contributed by atoms with E-state index in [1.807, 2.05) is 13.0 Å². The molecule has 0 spiro atoms. The van der Waals surface area contributed by atoms with Gasteiger partial charge in [-0.15, -0.1) is 0 Å². The maximum atomic E-state index is 10.6. The normalized spacial score (nSPS) is 12.2. The van der Waals surface area contributed by atoms with Crippen molar-refractivity contribution in [3.05, 3.63) is 22.3 Å². The average Bonchev–Trinajstić information content (AvgIpc) is 2.11. The first-order valence-corrected chi connectivity index (χ1v) is 4.92. The zero-order valence-electron chi connectivity index (χ0n) is 7.91. The van der Waals surface area contributed by atoms with Crippen molar-refractivity contribution in [1.82, 2.24) is 4.98 Å². The lowest BCUT2D eigenvalue weighted by molar-refractivity contribution is -0.137. The minimum atomic E-state index is -0.896. The van der Waals surface area contributed by atoms with E-state index >= 15 is 0 Å². The van der Waals surface area contributed by atoms with Crippen molar-refractivity contribution in [2.45, 2.75) is 19.9 Å². The second kappa shape index (κ2) is 4.41. The molecule has 0 radical (unpaired) electrons. The largest absolute Gasteiger partial charge is 0.480 e. The van der Waals surface area contributed by atoms with E-state index in [0.29, 0.717) is 5.82 Å². The molecule has 4 nitrogen and oxygen atoms in total. The van der Waals surface area contributed by atoms with E-state index in [4.69, 9.17) is 5.11 Å². The summed E-state index contributed by atoms with van der Waals surface area (Å²) in [4.78, 5) is 14.7. The zero-order valence-corrected chi connectivity index (χ0v) is 9.50. The molecule has 14 heavy (non-hydrogen) atoms. The number of nitrogens with zero attached hydrogens (tertiary/aromatic N) is 1. The van der Waals surface area contributed by atoms with E-state index in [2.05, 4.69) is 26.2 Å². The van der Waals surface area contributed by atoms with Crippen molar-refractivity contribution >= 4 is 27.7 Å². The third-order valence-corrected chi connectivity index (χ3v) is 2.59. The van der Waals surface area contributed by atoms with E-state index in [-0.39, 0.29) is 0 Å². The standard InChI is InChI=1S/C9H11BrN2O2/c1-5-7(10)3-4-8(11-5)12-6(2)9(13)14/h3-4,6H,1-2H3,(H,11,12)(H,13,14). The van der Waals surface area contributed by atoms with Crippen LogP contribution >= 0.6 is 15.9 Å². The SMILES string of the molecule is Cc1nc(NC(C)C(=O)O)ccc1Br. The van der Waals surface area contributed by atoms with Gasteiger partial charge in [-0.1, -0.05) is 0 Å². The van der Waals surface area contributed by atoms with Crippen molar-refractivity contribution in [3.8, 4) is 0 Å². The Balaban J connectivity index is 2.78. The van der Waals surface area contributed by atoms with Crippen LogP contribution in [-0.2, 0) is 4.79 Å². The average molecular weight is 259 g/mol. The molecule has 2 N–H and O–H groups in total. The fourth-order valence-electron chi connectivity index (χ4n) is 0.908. The second-order valence-corrected chi connectivity index (χ2v) is 3.82. The monoisotopic (exact) mass is 258 g/mol. The van der Waals surface area contributed by atoms with Crippen molar-refractivity contribution < 1.29 is 9.90 Å². The van der Waals surface area contributed by atoms with E-state index in [1.165, 1.54) is 0 Å². The summed E-state index contributed by atoms with van der Waals surface area (Å²) >= 11 is 3.32. The number of halogens is 1. The predicted molar refractivity (Wildman–Crippen MR) is 57.4 cm³/mol. The van der Waals surface area contributed by atoms with Gasteiger partial charge in [0.1, 0.15) is 11.9 Å². The Morgan fingerprint density at radius 3 is 2.79 bits per heavy atom. The fourth-order valence-corrected chi connectivity index (χ4v) is 1.13. The second-order valence-electron chi connectivity index (χ2n) is 2.97. The number of hydrogen-bond donors (Lipinski definition) is 2. The van der Waals surface area contributed by atoms with Gasteiger partial charge < -0.3 is 10.4 Å². The molecule has 1 rings (SSSR count). The van der Waals surface area contributed by atoms with Gasteiger partial charge in [0.2, 0.25) is 0 Å². The Morgan fingerprint density at radius 1 is 1.64 bits per heavy atom. The van der Waals surface area contributed by atoms with Crippen LogP contribution in [-0.4, -0.2) is 22.1 Å². The fraction of sp³-hybridized carbons (Fsp3) is 0.333. The Bertz CT molecular complexity index is 355. The van der Waals surface area contributed by atoms with Gasteiger partial charge in [0.15, 0.2) is 0 Å². The number of aliphatic carboxylic acids is 1. The van der Waals surface area contributed by atoms with Crippen molar-refractivity contribution in [1.29, 1.82) is 0 Å². The smallest absolute Gasteiger partial charge is 0.325 e. The highest BCUT2D eigenvalue weighted by Crippen LogP contribution is 2.16. The maximum absolute atomic E-state index is 10.6. The van der Waals surface area contributed by atoms with Crippen molar-refractivity contribution in [2.75, 3.05) is 5.32 Å². The molecule has 1 heterocycles. The molecule has 5 heteroatoms. The summed E-state index contributed by atoms with van der Waals surface area (Å²) < 4.78 is 0.908. The summed E-state index contributed by atoms with van der Waals surface area (Å²) in [5, 5.41) is 11.4. The van der Waals surface area contributed by atoms with Gasteiger partial charge in [-0.25, -0.2) is 4.98 Å². The zero-order chi connectivity index (χ0) is 10.7. The number of pyridine rings is 1. The van der Waals surface area contributed by atoms with Crippen LogP contribution in [0.25, 0.3) is 0 Å². The summed E-state index contributed by atoms with van der Waals surface area (Å²) in [6.45, 7) is 3.42. The highest BCUT2D eigenvalue weighted by atomic mass is 79.9. The number of aromatic nitrogens is 1. The number of nitrogens with one attached hydrogen (secondary N) is 1. The first kappa shape index (κ1) is 11.0. The van der Waals surface area contributed by atoms with Crippen LogP contribution in [0.15, 0.2) is 16.6 Å². The van der Waals surface area contributed by atoms with Crippen LogP contribution in [0.5, 0.6) is 0 Å². The summed E-state index contributed by atoms with van der Waals surface area (Å²) in [5.41, 5.74) is 0.826. The molecular weight excluding hydrogens is 248 g/mol. The minimum absolute atomic E-state index is 0.570. The number of rotatable bonds is 3. The number of hydrogen-bond acceptors (Lipinski definition) is 3. The van der Waals surface area contributed by atoms with Crippen LogP contribution < -0.4 is 5.32 Å². The van der Waals surface area contributed by atoms with Crippen LogP contribution in [0.3, 0.4) is 0 Å². The lowest BCUT2D eigenvalue weighted by atomic mass is 10.3. The number of aryl methyl sites for hydroxylation is 1. The molecule has 0 aliphatic carbocycles.